The Morgan fingerprint density at radius 3 is 2.81 bits per heavy atom. The summed E-state index contributed by atoms with van der Waals surface area (Å²) in [7, 11) is 0. The van der Waals surface area contributed by atoms with E-state index in [2.05, 4.69) is 59.7 Å². The lowest BCUT2D eigenvalue weighted by Gasteiger charge is -2.56. The fraction of sp³-hybridized carbons (Fsp3) is 0.320. The normalized spacial score (nSPS) is 17.3. The molecular formula is C25H27N7. The Kier molecular flexibility index (Phi) is 4.66. The minimum absolute atomic E-state index is 0.583. The molecule has 32 heavy (non-hydrogen) atoms. The summed E-state index contributed by atoms with van der Waals surface area (Å²) in [6.45, 7) is 8.82. The molecule has 6 rings (SSSR count). The molecule has 2 fully saturated rings. The molecule has 7 heteroatoms. The van der Waals surface area contributed by atoms with Crippen LogP contribution in [0.5, 0.6) is 0 Å². The van der Waals surface area contributed by atoms with E-state index in [0.29, 0.717) is 5.41 Å². The molecule has 3 aromatic heterocycles. The van der Waals surface area contributed by atoms with E-state index in [1.54, 1.807) is 6.33 Å². The predicted octanol–water partition coefficient (Wildman–Crippen LogP) is 3.31. The van der Waals surface area contributed by atoms with Crippen molar-refractivity contribution in [2.45, 2.75) is 6.92 Å². The monoisotopic (exact) mass is 425 g/mol. The van der Waals surface area contributed by atoms with Crippen LogP contribution < -0.4 is 10.6 Å². The number of aromatic nitrogens is 4. The second-order valence-corrected chi connectivity index (χ2v) is 9.16. The molecule has 0 unspecified atom stereocenters. The van der Waals surface area contributed by atoms with Crippen LogP contribution in [0.4, 0.5) is 5.69 Å². The topological polar surface area (TPSA) is 81.8 Å². The van der Waals surface area contributed by atoms with Crippen LogP contribution in [0.2, 0.25) is 0 Å². The largest absolute Gasteiger partial charge is 0.382 e. The maximum absolute atomic E-state index is 4.65. The average molecular weight is 426 g/mol. The van der Waals surface area contributed by atoms with Gasteiger partial charge in [0.2, 0.25) is 0 Å². The summed E-state index contributed by atoms with van der Waals surface area (Å²) in [5.74, 6) is 0. The first-order valence-electron chi connectivity index (χ1n) is 11.2. The van der Waals surface area contributed by atoms with Gasteiger partial charge in [-0.2, -0.15) is 0 Å². The predicted molar refractivity (Wildman–Crippen MR) is 128 cm³/mol. The minimum Gasteiger partial charge on any atom is -0.382 e. The smallest absolute Gasteiger partial charge is 0.0977 e. The zero-order valence-electron chi connectivity index (χ0n) is 18.2. The van der Waals surface area contributed by atoms with Crippen molar-refractivity contribution in [2.75, 3.05) is 44.6 Å². The number of aryl methyl sites for hydroxylation is 1. The van der Waals surface area contributed by atoms with Crippen LogP contribution in [-0.2, 0) is 0 Å². The quantitative estimate of drug-likeness (QED) is 0.440. The number of imidazole rings is 1. The molecule has 0 radical (unpaired) electrons. The third-order valence-corrected chi connectivity index (χ3v) is 6.61. The maximum Gasteiger partial charge on any atom is 0.0977 e. The number of benzene rings is 1. The summed E-state index contributed by atoms with van der Waals surface area (Å²) in [6, 6.07) is 14.5. The molecule has 0 amide bonds. The molecule has 3 N–H and O–H groups in total. The number of hydrogen-bond donors (Lipinski definition) is 3. The highest BCUT2D eigenvalue weighted by atomic mass is 15.3. The first kappa shape index (κ1) is 19.4. The van der Waals surface area contributed by atoms with E-state index in [0.717, 1.165) is 58.0 Å². The Hall–Kier alpha value is -3.29. The van der Waals surface area contributed by atoms with E-state index in [-0.39, 0.29) is 0 Å². The van der Waals surface area contributed by atoms with E-state index < -0.39 is 0 Å². The second kappa shape index (κ2) is 7.69. The van der Waals surface area contributed by atoms with E-state index in [9.17, 15) is 0 Å². The zero-order valence-corrected chi connectivity index (χ0v) is 18.2. The van der Waals surface area contributed by atoms with E-state index in [1.807, 2.05) is 31.3 Å². The summed E-state index contributed by atoms with van der Waals surface area (Å²) >= 11 is 0. The summed E-state index contributed by atoms with van der Waals surface area (Å²) in [6.07, 6.45) is 3.65. The van der Waals surface area contributed by atoms with Gasteiger partial charge in [0, 0.05) is 61.3 Å². The van der Waals surface area contributed by atoms with Gasteiger partial charge in [-0.15, -0.1) is 0 Å². The van der Waals surface area contributed by atoms with Gasteiger partial charge in [0.1, 0.15) is 0 Å². The Labute approximate surface area is 187 Å². The second-order valence-electron chi connectivity index (χ2n) is 9.16. The van der Waals surface area contributed by atoms with E-state index in [1.165, 1.54) is 26.2 Å². The summed E-state index contributed by atoms with van der Waals surface area (Å²) in [5, 5.41) is 8.04. The molecular weight excluding hydrogens is 398 g/mol. The highest BCUT2D eigenvalue weighted by molar-refractivity contribution is 5.88. The number of likely N-dealkylation sites (tertiary alicyclic amines) is 1. The Morgan fingerprint density at radius 2 is 2.00 bits per heavy atom. The summed E-state index contributed by atoms with van der Waals surface area (Å²) in [4.78, 5) is 19.7. The number of nitrogens with zero attached hydrogens (tertiary/aromatic N) is 4. The Morgan fingerprint density at radius 1 is 1.09 bits per heavy atom. The lowest BCUT2D eigenvalue weighted by atomic mass is 9.74. The molecule has 7 nitrogen and oxygen atoms in total. The summed E-state index contributed by atoms with van der Waals surface area (Å²) < 4.78 is 0. The van der Waals surface area contributed by atoms with Gasteiger partial charge in [0.25, 0.3) is 0 Å². The molecule has 2 saturated heterocycles. The molecule has 1 aromatic carbocycles. The Balaban J connectivity index is 1.19. The minimum atomic E-state index is 0.583. The number of fused-ring (bicyclic) bond motifs is 1. The molecule has 2 aliphatic heterocycles. The van der Waals surface area contributed by atoms with Crippen molar-refractivity contribution in [1.82, 2.24) is 30.2 Å². The van der Waals surface area contributed by atoms with E-state index in [4.69, 9.17) is 0 Å². The molecule has 1 spiro atoms. The molecule has 0 aliphatic carbocycles. The third kappa shape index (κ3) is 3.53. The number of anilines is 1. The van der Waals surface area contributed by atoms with Crippen LogP contribution in [0.15, 0.2) is 55.0 Å². The van der Waals surface area contributed by atoms with Gasteiger partial charge in [-0.3, -0.25) is 9.97 Å². The first-order valence-corrected chi connectivity index (χ1v) is 11.2. The molecule has 5 heterocycles. The average Bonchev–Trinajstić information content (AvgIpc) is 3.23. The van der Waals surface area contributed by atoms with Gasteiger partial charge in [-0.05, 0) is 37.3 Å². The van der Waals surface area contributed by atoms with Crippen LogP contribution in [-0.4, -0.2) is 64.1 Å². The standard InChI is InChI=1S/C25H27N7/c1-17-3-2-4-22(31-17)24-23(29-16-30-24)18-5-6-21-19(9-18)10-20(11-28-21)27-7-8-32-14-25(15-32)12-26-13-25/h2-6,9-11,16,26-27H,7-8,12-15H2,1H3,(H,29,30). The van der Waals surface area contributed by atoms with Gasteiger partial charge in [0.05, 0.1) is 40.8 Å². The highest BCUT2D eigenvalue weighted by Crippen LogP contribution is 2.33. The van der Waals surface area contributed by atoms with Crippen LogP contribution in [0.3, 0.4) is 0 Å². The van der Waals surface area contributed by atoms with Crippen molar-refractivity contribution < 1.29 is 0 Å². The highest BCUT2D eigenvalue weighted by Gasteiger charge is 2.46. The molecule has 162 valence electrons. The van der Waals surface area contributed by atoms with Gasteiger partial charge in [-0.1, -0.05) is 12.1 Å². The number of aromatic amines is 1. The van der Waals surface area contributed by atoms with Crippen LogP contribution in [0, 0.1) is 12.3 Å². The van der Waals surface area contributed by atoms with Crippen molar-refractivity contribution in [3.05, 3.63) is 60.7 Å². The molecule has 2 aliphatic rings. The van der Waals surface area contributed by atoms with Gasteiger partial charge >= 0.3 is 0 Å². The summed E-state index contributed by atoms with van der Waals surface area (Å²) in [5.41, 5.74) is 7.39. The fourth-order valence-electron chi connectivity index (χ4n) is 4.89. The number of H-pyrrole nitrogens is 1. The Bertz CT molecular complexity index is 1270. The molecule has 4 aromatic rings. The first-order chi connectivity index (χ1) is 15.7. The SMILES string of the molecule is Cc1cccc(-c2[nH]cnc2-c2ccc3ncc(NCCN4CC5(CNC5)C4)cc3c2)n1. The van der Waals surface area contributed by atoms with Gasteiger partial charge < -0.3 is 20.5 Å². The van der Waals surface area contributed by atoms with Crippen molar-refractivity contribution in [3.8, 4) is 22.6 Å². The van der Waals surface area contributed by atoms with Crippen LogP contribution in [0.1, 0.15) is 5.69 Å². The number of hydrogen-bond acceptors (Lipinski definition) is 6. The van der Waals surface area contributed by atoms with Crippen LogP contribution >= 0.6 is 0 Å². The molecule has 0 saturated carbocycles. The molecule has 0 bridgehead atoms. The lowest BCUT2D eigenvalue weighted by Crippen LogP contribution is -2.71. The number of rotatable bonds is 6. The lowest BCUT2D eigenvalue weighted by molar-refractivity contribution is -0.0364. The van der Waals surface area contributed by atoms with Crippen molar-refractivity contribution in [2.24, 2.45) is 5.41 Å². The van der Waals surface area contributed by atoms with Crippen molar-refractivity contribution in [1.29, 1.82) is 0 Å². The van der Waals surface area contributed by atoms with Gasteiger partial charge in [0.15, 0.2) is 0 Å². The molecule has 0 atom stereocenters. The van der Waals surface area contributed by atoms with Crippen molar-refractivity contribution in [3.63, 3.8) is 0 Å². The number of nitrogens with one attached hydrogen (secondary N) is 3. The van der Waals surface area contributed by atoms with Gasteiger partial charge in [-0.25, -0.2) is 4.98 Å². The maximum atomic E-state index is 4.65. The van der Waals surface area contributed by atoms with Crippen LogP contribution in [0.25, 0.3) is 33.5 Å². The fourth-order valence-corrected chi connectivity index (χ4v) is 4.89. The van der Waals surface area contributed by atoms with E-state index >= 15 is 0 Å². The van der Waals surface area contributed by atoms with Crippen molar-refractivity contribution >= 4 is 16.6 Å². The zero-order chi connectivity index (χ0) is 21.5. The number of pyridine rings is 2. The third-order valence-electron chi connectivity index (χ3n) is 6.61.